The van der Waals surface area contributed by atoms with Crippen molar-refractivity contribution in [1.82, 2.24) is 14.9 Å². The molecule has 4 aromatic rings. The predicted molar refractivity (Wildman–Crippen MR) is 171 cm³/mol. The summed E-state index contributed by atoms with van der Waals surface area (Å²) in [5.74, 6) is -0.611. The average Bonchev–Trinajstić information content (AvgIpc) is 3.75. The molecule has 4 N–H and O–H groups in total. The summed E-state index contributed by atoms with van der Waals surface area (Å²) in [6, 6.07) is 9.28. The number of fused-ring (bicyclic) bond motifs is 4. The van der Waals surface area contributed by atoms with Crippen LogP contribution in [-0.2, 0) is 19.3 Å². The first-order chi connectivity index (χ1) is 23.2. The summed E-state index contributed by atoms with van der Waals surface area (Å²) >= 11 is 0. The minimum absolute atomic E-state index is 0.00303. The van der Waals surface area contributed by atoms with Crippen LogP contribution in [0.5, 0.6) is 11.6 Å². The number of anilines is 3. The number of aromatic amines is 1. The Morgan fingerprint density at radius 2 is 1.94 bits per heavy atom. The van der Waals surface area contributed by atoms with Gasteiger partial charge in [-0.15, -0.1) is 0 Å². The van der Waals surface area contributed by atoms with Crippen LogP contribution in [0.4, 0.5) is 22.7 Å². The van der Waals surface area contributed by atoms with E-state index in [4.69, 9.17) is 24.7 Å². The van der Waals surface area contributed by atoms with Gasteiger partial charge in [-0.1, -0.05) is 6.07 Å². The van der Waals surface area contributed by atoms with Gasteiger partial charge < -0.3 is 39.9 Å². The highest BCUT2D eigenvalue weighted by Gasteiger charge is 2.45. The van der Waals surface area contributed by atoms with Crippen LogP contribution >= 0.6 is 0 Å². The van der Waals surface area contributed by atoms with E-state index in [0.717, 1.165) is 24.5 Å². The van der Waals surface area contributed by atoms with Gasteiger partial charge in [-0.3, -0.25) is 19.8 Å². The fraction of sp³-hybridized carbons (Fsp3) is 0.355. The van der Waals surface area contributed by atoms with Crippen molar-refractivity contribution in [2.45, 2.75) is 28.0 Å². The molecular formula is C31H31N7O9S. The summed E-state index contributed by atoms with van der Waals surface area (Å²) in [5, 5.41) is 16.3. The number of nitro groups is 1. The van der Waals surface area contributed by atoms with Crippen molar-refractivity contribution in [1.29, 1.82) is 0 Å². The second-order valence-corrected chi connectivity index (χ2v) is 13.9. The standard InChI is InChI=1S/C31H31N7O9S/c32-29(39)20-2-1-3-26(28(20)37-22-10-17-4-5-33-30(17)35-31(22)47-25-16-45-15-23(25)37)48(42,43)19-11-21(38(40)41)27-24(12-19)46-14-18(34-27)13-36-6-8-44-9-7-36/h1-5,10-12,18,23,25,34H,6-9,13-16H2,(H2,32,39)(H,33,35)/t18-,23+,25+/m0/s1. The van der Waals surface area contributed by atoms with Gasteiger partial charge in [0.05, 0.1) is 64.5 Å². The van der Waals surface area contributed by atoms with Crippen molar-refractivity contribution in [2.24, 2.45) is 5.73 Å². The van der Waals surface area contributed by atoms with Gasteiger partial charge in [0.1, 0.15) is 24.0 Å². The molecule has 0 radical (unpaired) electrons. The summed E-state index contributed by atoms with van der Waals surface area (Å²) < 4.78 is 52.6. The number of H-pyrrole nitrogens is 1. The second-order valence-electron chi connectivity index (χ2n) is 12.0. The summed E-state index contributed by atoms with van der Waals surface area (Å²) in [6.45, 7) is 3.76. The molecule has 2 aromatic carbocycles. The van der Waals surface area contributed by atoms with Crippen LogP contribution in [0.1, 0.15) is 10.4 Å². The number of ether oxygens (including phenoxy) is 4. The highest BCUT2D eigenvalue weighted by molar-refractivity contribution is 7.91. The molecule has 0 saturated carbocycles. The lowest BCUT2D eigenvalue weighted by Gasteiger charge is -2.40. The van der Waals surface area contributed by atoms with Crippen molar-refractivity contribution < 1.29 is 37.1 Å². The first-order valence-corrected chi connectivity index (χ1v) is 16.9. The van der Waals surface area contributed by atoms with E-state index in [-0.39, 0.29) is 64.2 Å². The zero-order valence-corrected chi connectivity index (χ0v) is 26.3. The monoisotopic (exact) mass is 677 g/mol. The Morgan fingerprint density at radius 1 is 1.10 bits per heavy atom. The quantitative estimate of drug-likeness (QED) is 0.190. The third-order valence-corrected chi connectivity index (χ3v) is 10.8. The Labute approximate surface area is 273 Å². The normalized spacial score (nSPS) is 22.2. The maximum absolute atomic E-state index is 14.7. The molecular weight excluding hydrogens is 646 g/mol. The minimum atomic E-state index is -4.56. The Kier molecular flexibility index (Phi) is 7.35. The number of hydrogen-bond acceptors (Lipinski definition) is 13. The molecule has 8 rings (SSSR count). The van der Waals surface area contributed by atoms with E-state index in [1.807, 2.05) is 6.07 Å². The van der Waals surface area contributed by atoms with Crippen LogP contribution in [0, 0.1) is 10.1 Å². The highest BCUT2D eigenvalue weighted by atomic mass is 32.2. The van der Waals surface area contributed by atoms with Gasteiger partial charge in [0, 0.05) is 43.4 Å². The SMILES string of the molecule is NC(=O)c1cccc(S(=O)(=O)c2cc3c(c([N+](=O)[O-])c2)N[C@@H](CN2CCOCC2)CO3)c1N1c2cc3cc[nH]c3nc2O[C@@H]2COC[C@H]21. The number of para-hydroxylation sites is 1. The Hall–Kier alpha value is -4.97. The van der Waals surface area contributed by atoms with E-state index >= 15 is 0 Å². The number of hydrogen-bond donors (Lipinski definition) is 3. The molecule has 6 heterocycles. The summed E-state index contributed by atoms with van der Waals surface area (Å²) in [4.78, 5) is 35.5. The van der Waals surface area contributed by atoms with Crippen molar-refractivity contribution in [3.05, 3.63) is 64.3 Å². The topological polar surface area (TPSA) is 204 Å². The molecule has 250 valence electrons. The summed E-state index contributed by atoms with van der Waals surface area (Å²) in [5.41, 5.74) is 6.41. The molecule has 3 atom stereocenters. The lowest BCUT2D eigenvalue weighted by atomic mass is 10.0. The number of nitrogens with zero attached hydrogens (tertiary/aromatic N) is 4. The second kappa shape index (κ2) is 11.6. The Morgan fingerprint density at radius 3 is 2.73 bits per heavy atom. The number of nitrogens with two attached hydrogens (primary N) is 1. The molecule has 4 aliphatic heterocycles. The van der Waals surface area contributed by atoms with Crippen LogP contribution in [0.3, 0.4) is 0 Å². The van der Waals surface area contributed by atoms with Crippen LogP contribution in [-0.4, -0.2) is 105 Å². The van der Waals surface area contributed by atoms with Gasteiger partial charge >= 0.3 is 0 Å². The van der Waals surface area contributed by atoms with Gasteiger partial charge in [-0.05, 0) is 24.3 Å². The maximum atomic E-state index is 14.7. The number of aromatic nitrogens is 2. The van der Waals surface area contributed by atoms with Crippen molar-refractivity contribution >= 4 is 49.5 Å². The number of nitrogens with one attached hydrogen (secondary N) is 2. The number of carbonyl (C=O) groups is 1. The van der Waals surface area contributed by atoms with E-state index < -0.39 is 38.5 Å². The molecule has 48 heavy (non-hydrogen) atoms. The zero-order chi connectivity index (χ0) is 33.2. The van der Waals surface area contributed by atoms with Crippen molar-refractivity contribution in [3.63, 3.8) is 0 Å². The number of morpholine rings is 1. The van der Waals surface area contributed by atoms with Crippen LogP contribution in [0.15, 0.2) is 58.5 Å². The van der Waals surface area contributed by atoms with E-state index in [1.54, 1.807) is 17.2 Å². The number of primary amides is 1. The third-order valence-electron chi connectivity index (χ3n) is 9.06. The number of nitro benzene ring substituents is 1. The molecule has 0 unspecified atom stereocenters. The van der Waals surface area contributed by atoms with E-state index in [9.17, 15) is 23.3 Å². The molecule has 0 bridgehead atoms. The van der Waals surface area contributed by atoms with E-state index in [1.165, 1.54) is 24.3 Å². The summed E-state index contributed by atoms with van der Waals surface area (Å²) in [6.07, 6.45) is 1.18. The van der Waals surface area contributed by atoms with E-state index in [0.29, 0.717) is 31.1 Å². The van der Waals surface area contributed by atoms with E-state index in [2.05, 4.69) is 20.2 Å². The molecule has 2 fully saturated rings. The predicted octanol–water partition coefficient (Wildman–Crippen LogP) is 2.21. The molecule has 1 amide bonds. The van der Waals surface area contributed by atoms with Crippen LogP contribution in [0.25, 0.3) is 11.0 Å². The van der Waals surface area contributed by atoms with Gasteiger partial charge in [0.25, 0.3) is 11.6 Å². The van der Waals surface area contributed by atoms with Gasteiger partial charge in [-0.2, -0.15) is 4.98 Å². The average molecular weight is 678 g/mol. The molecule has 0 spiro atoms. The molecule has 2 aromatic heterocycles. The first kappa shape index (κ1) is 30.4. The minimum Gasteiger partial charge on any atom is -0.489 e. The molecule has 2 saturated heterocycles. The maximum Gasteiger partial charge on any atom is 0.297 e. The molecule has 4 aliphatic rings. The van der Waals surface area contributed by atoms with Crippen molar-refractivity contribution in [2.75, 3.05) is 62.9 Å². The third kappa shape index (κ3) is 5.06. The lowest BCUT2D eigenvalue weighted by Crippen LogP contribution is -2.47. The number of pyridine rings is 1. The van der Waals surface area contributed by atoms with Crippen LogP contribution in [0.2, 0.25) is 0 Å². The number of amides is 1. The number of benzene rings is 2. The molecule has 17 heteroatoms. The van der Waals surface area contributed by atoms with Crippen LogP contribution < -0.4 is 25.4 Å². The summed E-state index contributed by atoms with van der Waals surface area (Å²) in [7, 11) is -4.56. The number of carbonyl (C=O) groups excluding carboxylic acids is 1. The smallest absolute Gasteiger partial charge is 0.297 e. The largest absolute Gasteiger partial charge is 0.489 e. The lowest BCUT2D eigenvalue weighted by molar-refractivity contribution is -0.384. The number of sulfone groups is 1. The van der Waals surface area contributed by atoms with Gasteiger partial charge in [-0.25, -0.2) is 8.42 Å². The zero-order valence-electron chi connectivity index (χ0n) is 25.5. The fourth-order valence-corrected chi connectivity index (χ4v) is 8.28. The van der Waals surface area contributed by atoms with Gasteiger partial charge in [0.15, 0.2) is 11.4 Å². The highest BCUT2D eigenvalue weighted by Crippen LogP contribution is 2.48. The Bertz CT molecular complexity index is 2060. The first-order valence-electron chi connectivity index (χ1n) is 15.4. The number of rotatable bonds is 7. The molecule has 16 nitrogen and oxygen atoms in total. The van der Waals surface area contributed by atoms with Crippen molar-refractivity contribution in [3.8, 4) is 11.6 Å². The fourth-order valence-electron chi connectivity index (χ4n) is 6.78. The molecule has 0 aliphatic carbocycles. The Balaban J connectivity index is 1.25. The van der Waals surface area contributed by atoms with Gasteiger partial charge in [0.2, 0.25) is 15.7 Å².